The highest BCUT2D eigenvalue weighted by molar-refractivity contribution is 4.90. The molecule has 0 radical (unpaired) electrons. The Balaban J connectivity index is 1.81. The molecule has 0 saturated carbocycles. The largest absolute Gasteiger partial charge is 0.385 e. The first-order valence-corrected chi connectivity index (χ1v) is 7.93. The summed E-state index contributed by atoms with van der Waals surface area (Å²) in [4.78, 5) is 2.63. The van der Waals surface area contributed by atoms with E-state index in [2.05, 4.69) is 17.1 Å². The summed E-state index contributed by atoms with van der Waals surface area (Å²) in [5.41, 5.74) is 0. The molecule has 2 heterocycles. The number of methoxy groups -OCH3 is 1. The molecule has 2 saturated heterocycles. The third-order valence-electron chi connectivity index (χ3n) is 4.39. The normalized spacial score (nSPS) is 29.4. The van der Waals surface area contributed by atoms with Crippen molar-refractivity contribution in [2.75, 3.05) is 40.0 Å². The lowest BCUT2D eigenvalue weighted by Gasteiger charge is -2.39. The molecule has 2 aliphatic heterocycles. The van der Waals surface area contributed by atoms with Gasteiger partial charge in [-0.25, -0.2) is 0 Å². The number of morpholine rings is 1. The van der Waals surface area contributed by atoms with E-state index in [4.69, 9.17) is 9.47 Å². The van der Waals surface area contributed by atoms with Crippen LogP contribution in [0.2, 0.25) is 0 Å². The number of nitrogens with zero attached hydrogens (tertiary/aromatic N) is 1. The topological polar surface area (TPSA) is 33.7 Å². The van der Waals surface area contributed by atoms with Crippen molar-refractivity contribution in [3.8, 4) is 0 Å². The van der Waals surface area contributed by atoms with Crippen LogP contribution in [0.25, 0.3) is 0 Å². The van der Waals surface area contributed by atoms with Gasteiger partial charge >= 0.3 is 0 Å². The Kier molecular flexibility index (Phi) is 6.57. The molecule has 0 bridgehead atoms. The maximum absolute atomic E-state index is 6.14. The number of rotatable bonds is 8. The Morgan fingerprint density at radius 2 is 2.37 bits per heavy atom. The lowest BCUT2D eigenvalue weighted by molar-refractivity contribution is -0.0663. The third-order valence-corrected chi connectivity index (χ3v) is 4.39. The van der Waals surface area contributed by atoms with Crippen LogP contribution in [-0.2, 0) is 9.47 Å². The minimum Gasteiger partial charge on any atom is -0.385 e. The second-order valence-electron chi connectivity index (χ2n) is 5.86. The van der Waals surface area contributed by atoms with Crippen molar-refractivity contribution >= 4 is 0 Å². The van der Waals surface area contributed by atoms with E-state index in [9.17, 15) is 0 Å². The first-order valence-electron chi connectivity index (χ1n) is 7.93. The molecule has 3 atom stereocenters. The van der Waals surface area contributed by atoms with Crippen molar-refractivity contribution in [2.45, 2.75) is 57.2 Å². The van der Waals surface area contributed by atoms with Crippen LogP contribution in [0.4, 0.5) is 0 Å². The van der Waals surface area contributed by atoms with Crippen molar-refractivity contribution in [3.05, 3.63) is 0 Å². The number of fused-ring (bicyclic) bond motifs is 1. The van der Waals surface area contributed by atoms with Gasteiger partial charge in [-0.1, -0.05) is 6.92 Å². The number of hydrogen-bond donors (Lipinski definition) is 1. The number of ether oxygens (including phenoxy) is 2. The van der Waals surface area contributed by atoms with E-state index in [1.165, 1.54) is 25.8 Å². The molecule has 4 nitrogen and oxygen atoms in total. The van der Waals surface area contributed by atoms with E-state index in [1.54, 1.807) is 7.11 Å². The fourth-order valence-electron chi connectivity index (χ4n) is 3.28. The molecule has 0 amide bonds. The van der Waals surface area contributed by atoms with Crippen molar-refractivity contribution in [1.29, 1.82) is 0 Å². The Bertz CT molecular complexity index is 250. The van der Waals surface area contributed by atoms with Crippen LogP contribution in [0.3, 0.4) is 0 Å². The summed E-state index contributed by atoms with van der Waals surface area (Å²) in [5, 5.41) is 3.67. The van der Waals surface area contributed by atoms with Crippen LogP contribution in [0.1, 0.15) is 39.0 Å². The molecule has 0 aromatic heterocycles. The zero-order valence-electron chi connectivity index (χ0n) is 12.6. The molecule has 3 unspecified atom stereocenters. The van der Waals surface area contributed by atoms with Gasteiger partial charge in [-0.3, -0.25) is 4.90 Å². The van der Waals surface area contributed by atoms with E-state index in [0.717, 1.165) is 39.1 Å². The van der Waals surface area contributed by atoms with Crippen LogP contribution in [0, 0.1) is 0 Å². The molecule has 1 N–H and O–H groups in total. The van der Waals surface area contributed by atoms with Crippen LogP contribution >= 0.6 is 0 Å². The highest BCUT2D eigenvalue weighted by atomic mass is 16.5. The molecule has 2 rings (SSSR count). The minimum absolute atomic E-state index is 0.359. The Hall–Kier alpha value is -0.160. The quantitative estimate of drug-likeness (QED) is 0.680. The van der Waals surface area contributed by atoms with Crippen LogP contribution in [0.15, 0.2) is 0 Å². The van der Waals surface area contributed by atoms with Crippen molar-refractivity contribution < 1.29 is 9.47 Å². The first-order chi connectivity index (χ1) is 9.35. The SMILES string of the molecule is CCCNC(CCCOC)C1CN2CCCC2CO1. The molecule has 0 aromatic carbocycles. The lowest BCUT2D eigenvalue weighted by atomic mass is 10.0. The predicted octanol–water partition coefficient (Wildman–Crippen LogP) is 1.64. The van der Waals surface area contributed by atoms with Crippen molar-refractivity contribution in [1.82, 2.24) is 10.2 Å². The molecule has 0 spiro atoms. The summed E-state index contributed by atoms with van der Waals surface area (Å²) in [6.45, 7) is 7.46. The van der Waals surface area contributed by atoms with Crippen molar-refractivity contribution in [3.63, 3.8) is 0 Å². The van der Waals surface area contributed by atoms with Gasteiger partial charge in [0.15, 0.2) is 0 Å². The smallest absolute Gasteiger partial charge is 0.0855 e. The Labute approximate surface area is 117 Å². The molecule has 2 aliphatic rings. The molecular weight excluding hydrogens is 240 g/mol. The second-order valence-corrected chi connectivity index (χ2v) is 5.86. The third kappa shape index (κ3) is 4.42. The molecule has 0 aromatic rings. The molecule has 19 heavy (non-hydrogen) atoms. The van der Waals surface area contributed by atoms with E-state index in [1.807, 2.05) is 0 Å². The van der Waals surface area contributed by atoms with Crippen molar-refractivity contribution in [2.24, 2.45) is 0 Å². The van der Waals surface area contributed by atoms with E-state index in [-0.39, 0.29) is 0 Å². The average Bonchev–Trinajstić information content (AvgIpc) is 2.90. The monoisotopic (exact) mass is 270 g/mol. The van der Waals surface area contributed by atoms with Crippen LogP contribution < -0.4 is 5.32 Å². The molecule has 0 aliphatic carbocycles. The summed E-state index contributed by atoms with van der Waals surface area (Å²) in [6, 6.07) is 1.18. The van der Waals surface area contributed by atoms with E-state index in [0.29, 0.717) is 18.2 Å². The summed E-state index contributed by atoms with van der Waals surface area (Å²) >= 11 is 0. The summed E-state index contributed by atoms with van der Waals surface area (Å²) in [6.07, 6.45) is 6.47. The fraction of sp³-hybridized carbons (Fsp3) is 1.00. The number of nitrogens with one attached hydrogen (secondary N) is 1. The highest BCUT2D eigenvalue weighted by Crippen LogP contribution is 2.24. The second kappa shape index (κ2) is 8.20. The first kappa shape index (κ1) is 15.2. The van der Waals surface area contributed by atoms with Gasteiger partial charge in [-0.15, -0.1) is 0 Å². The fourth-order valence-corrected chi connectivity index (χ4v) is 3.28. The lowest BCUT2D eigenvalue weighted by Crippen LogP contribution is -2.54. The number of hydrogen-bond acceptors (Lipinski definition) is 4. The minimum atomic E-state index is 0.359. The molecule has 4 heteroatoms. The van der Waals surface area contributed by atoms with Gasteiger partial charge in [-0.2, -0.15) is 0 Å². The van der Waals surface area contributed by atoms with Gasteiger partial charge in [0.05, 0.1) is 12.7 Å². The highest BCUT2D eigenvalue weighted by Gasteiger charge is 2.35. The van der Waals surface area contributed by atoms with Gasteiger partial charge in [0, 0.05) is 32.3 Å². The molecular formula is C15H30N2O2. The van der Waals surface area contributed by atoms with Crippen LogP contribution in [0.5, 0.6) is 0 Å². The maximum Gasteiger partial charge on any atom is 0.0855 e. The molecule has 2 fully saturated rings. The Morgan fingerprint density at radius 3 is 3.16 bits per heavy atom. The predicted molar refractivity (Wildman–Crippen MR) is 77.5 cm³/mol. The van der Waals surface area contributed by atoms with E-state index < -0.39 is 0 Å². The van der Waals surface area contributed by atoms with Crippen LogP contribution in [-0.4, -0.2) is 63.0 Å². The summed E-state index contributed by atoms with van der Waals surface area (Å²) in [7, 11) is 1.78. The molecule has 112 valence electrons. The van der Waals surface area contributed by atoms with Gasteiger partial charge in [0.25, 0.3) is 0 Å². The van der Waals surface area contributed by atoms with Gasteiger partial charge in [0.2, 0.25) is 0 Å². The standard InChI is InChI=1S/C15H30N2O2/c1-3-8-16-14(7-5-10-18-2)15-11-17-9-4-6-13(17)12-19-15/h13-16H,3-12H2,1-2H3. The van der Waals surface area contributed by atoms with Gasteiger partial charge < -0.3 is 14.8 Å². The van der Waals surface area contributed by atoms with Gasteiger partial charge in [-0.05, 0) is 45.2 Å². The Morgan fingerprint density at radius 1 is 1.47 bits per heavy atom. The maximum atomic E-state index is 6.14. The summed E-state index contributed by atoms with van der Waals surface area (Å²) in [5.74, 6) is 0. The van der Waals surface area contributed by atoms with Gasteiger partial charge in [0.1, 0.15) is 0 Å². The summed E-state index contributed by atoms with van der Waals surface area (Å²) < 4.78 is 11.3. The average molecular weight is 270 g/mol. The van der Waals surface area contributed by atoms with E-state index >= 15 is 0 Å². The zero-order chi connectivity index (χ0) is 13.5. The zero-order valence-corrected chi connectivity index (χ0v) is 12.6.